The molecule has 0 bridgehead atoms. The molecule has 1 aromatic heterocycles. The molecule has 1 saturated heterocycles. The van der Waals surface area contributed by atoms with E-state index in [1.54, 1.807) is 12.1 Å². The van der Waals surface area contributed by atoms with Crippen molar-refractivity contribution in [1.29, 1.82) is 0 Å². The van der Waals surface area contributed by atoms with Gasteiger partial charge < -0.3 is 5.11 Å². The zero-order valence-corrected chi connectivity index (χ0v) is 14.8. The van der Waals surface area contributed by atoms with Crippen molar-refractivity contribution in [3.63, 3.8) is 0 Å². The van der Waals surface area contributed by atoms with Gasteiger partial charge in [-0.25, -0.2) is 9.36 Å². The van der Waals surface area contributed by atoms with E-state index < -0.39 is 17.1 Å². The average Bonchev–Trinajstić information content (AvgIpc) is 2.68. The first-order valence-electron chi connectivity index (χ1n) is 9.00. The lowest BCUT2D eigenvalue weighted by Crippen LogP contribution is -2.32. The van der Waals surface area contributed by atoms with E-state index in [2.05, 4.69) is 10.1 Å². The Kier molecular flexibility index (Phi) is 4.50. The first-order chi connectivity index (χ1) is 13.1. The van der Waals surface area contributed by atoms with Crippen molar-refractivity contribution < 1.29 is 5.11 Å². The molecule has 0 unspecified atom stereocenters. The fourth-order valence-corrected chi connectivity index (χ4v) is 3.41. The standard InChI is InChI=1S/C20H20N4O3/c25-18-16(13-21-23-11-4-1-5-12-23)19(26)24(20(27)22-18)17-10-6-8-14-7-2-3-9-15(14)17/h2-3,6-10,13,26H,1,4-5,11-12H2,(H,22,25,27)/b21-13+. The number of hydrogen-bond donors (Lipinski definition) is 2. The van der Waals surface area contributed by atoms with E-state index in [9.17, 15) is 14.7 Å². The number of aromatic hydroxyl groups is 1. The third kappa shape index (κ3) is 3.23. The zero-order chi connectivity index (χ0) is 18.8. The highest BCUT2D eigenvalue weighted by Crippen LogP contribution is 2.24. The Hall–Kier alpha value is -3.35. The number of rotatable bonds is 3. The molecule has 2 aromatic carbocycles. The molecule has 27 heavy (non-hydrogen) atoms. The molecule has 7 nitrogen and oxygen atoms in total. The second-order valence-corrected chi connectivity index (χ2v) is 6.59. The van der Waals surface area contributed by atoms with Crippen LogP contribution in [0.25, 0.3) is 16.5 Å². The van der Waals surface area contributed by atoms with E-state index in [1.165, 1.54) is 12.6 Å². The summed E-state index contributed by atoms with van der Waals surface area (Å²) < 4.78 is 1.11. The van der Waals surface area contributed by atoms with E-state index in [0.29, 0.717) is 5.69 Å². The van der Waals surface area contributed by atoms with Crippen LogP contribution in [0.1, 0.15) is 24.8 Å². The van der Waals surface area contributed by atoms with Crippen LogP contribution in [0.2, 0.25) is 0 Å². The highest BCUT2D eigenvalue weighted by Gasteiger charge is 2.16. The van der Waals surface area contributed by atoms with Gasteiger partial charge in [0.05, 0.1) is 11.9 Å². The third-order valence-corrected chi connectivity index (χ3v) is 4.81. The van der Waals surface area contributed by atoms with Crippen LogP contribution < -0.4 is 11.2 Å². The van der Waals surface area contributed by atoms with Gasteiger partial charge in [0.15, 0.2) is 0 Å². The first kappa shape index (κ1) is 17.1. The minimum Gasteiger partial charge on any atom is -0.493 e. The lowest BCUT2D eigenvalue weighted by atomic mass is 10.1. The number of piperidine rings is 1. The van der Waals surface area contributed by atoms with Crippen LogP contribution in [-0.4, -0.2) is 39.0 Å². The van der Waals surface area contributed by atoms with Gasteiger partial charge in [-0.15, -0.1) is 0 Å². The first-order valence-corrected chi connectivity index (χ1v) is 9.00. The smallest absolute Gasteiger partial charge is 0.335 e. The molecule has 0 aliphatic carbocycles. The van der Waals surface area contributed by atoms with Crippen LogP contribution in [0.5, 0.6) is 5.88 Å². The predicted octanol–water partition coefficient (Wildman–Crippen LogP) is 2.20. The molecule has 0 radical (unpaired) electrons. The maximum Gasteiger partial charge on any atom is 0.335 e. The van der Waals surface area contributed by atoms with Crippen molar-refractivity contribution in [3.05, 3.63) is 68.9 Å². The highest BCUT2D eigenvalue weighted by molar-refractivity contribution is 5.91. The maximum absolute atomic E-state index is 12.5. The molecule has 2 heterocycles. The number of aromatic nitrogens is 2. The second-order valence-electron chi connectivity index (χ2n) is 6.59. The number of hydrazone groups is 1. The Labute approximate surface area is 155 Å². The molecule has 1 aliphatic heterocycles. The number of benzene rings is 2. The van der Waals surface area contributed by atoms with Gasteiger partial charge >= 0.3 is 5.69 Å². The van der Waals surface area contributed by atoms with Gasteiger partial charge in [0, 0.05) is 18.5 Å². The van der Waals surface area contributed by atoms with Gasteiger partial charge in [-0.2, -0.15) is 5.10 Å². The summed E-state index contributed by atoms with van der Waals surface area (Å²) in [5, 5.41) is 18.6. The van der Waals surface area contributed by atoms with E-state index in [4.69, 9.17) is 0 Å². The van der Waals surface area contributed by atoms with Gasteiger partial charge in [0.1, 0.15) is 5.56 Å². The molecule has 1 aliphatic rings. The average molecular weight is 364 g/mol. The summed E-state index contributed by atoms with van der Waals surface area (Å²) in [6.45, 7) is 1.64. The molecule has 1 fully saturated rings. The number of hydrogen-bond acceptors (Lipinski definition) is 5. The molecule has 0 atom stereocenters. The summed E-state index contributed by atoms with van der Waals surface area (Å²) in [4.78, 5) is 27.0. The van der Waals surface area contributed by atoms with Gasteiger partial charge in [-0.3, -0.25) is 14.8 Å². The van der Waals surface area contributed by atoms with E-state index in [1.807, 2.05) is 35.3 Å². The highest BCUT2D eigenvalue weighted by atomic mass is 16.3. The normalized spacial score (nSPS) is 14.9. The number of H-pyrrole nitrogens is 1. The lowest BCUT2D eigenvalue weighted by molar-refractivity contribution is 0.240. The fraction of sp³-hybridized carbons (Fsp3) is 0.250. The quantitative estimate of drug-likeness (QED) is 0.697. The molecule has 138 valence electrons. The largest absolute Gasteiger partial charge is 0.493 e. The van der Waals surface area contributed by atoms with Crippen LogP contribution in [-0.2, 0) is 0 Å². The molecule has 4 rings (SSSR count). The van der Waals surface area contributed by atoms with Crippen molar-refractivity contribution in [3.8, 4) is 11.6 Å². The Bertz CT molecular complexity index is 1120. The molecule has 0 saturated carbocycles. The van der Waals surface area contributed by atoms with Crippen molar-refractivity contribution >= 4 is 17.0 Å². The van der Waals surface area contributed by atoms with E-state index >= 15 is 0 Å². The fourth-order valence-electron chi connectivity index (χ4n) is 3.41. The molecular weight excluding hydrogens is 344 g/mol. The zero-order valence-electron chi connectivity index (χ0n) is 14.8. The van der Waals surface area contributed by atoms with E-state index in [0.717, 1.165) is 41.3 Å². The molecule has 2 N–H and O–H groups in total. The van der Waals surface area contributed by atoms with Gasteiger partial charge in [-0.05, 0) is 30.7 Å². The monoisotopic (exact) mass is 364 g/mol. The number of nitrogens with zero attached hydrogens (tertiary/aromatic N) is 3. The molecule has 3 aromatic rings. The SMILES string of the molecule is O=c1[nH]c(=O)n(-c2cccc3ccccc23)c(O)c1/C=N/N1CCCCC1. The lowest BCUT2D eigenvalue weighted by Gasteiger charge is -2.23. The third-order valence-electron chi connectivity index (χ3n) is 4.81. The summed E-state index contributed by atoms with van der Waals surface area (Å²) in [5.41, 5.74) is -0.883. The van der Waals surface area contributed by atoms with E-state index in [-0.39, 0.29) is 5.56 Å². The van der Waals surface area contributed by atoms with Crippen molar-refractivity contribution in [2.45, 2.75) is 19.3 Å². The predicted molar refractivity (Wildman–Crippen MR) is 105 cm³/mol. The van der Waals surface area contributed by atoms with Crippen molar-refractivity contribution in [2.75, 3.05) is 13.1 Å². The number of fused-ring (bicyclic) bond motifs is 1. The molecule has 7 heteroatoms. The summed E-state index contributed by atoms with van der Waals surface area (Å²) in [7, 11) is 0. The molecule has 0 amide bonds. The number of nitrogens with one attached hydrogen (secondary N) is 1. The second kappa shape index (κ2) is 7.11. The summed E-state index contributed by atoms with van der Waals surface area (Å²) in [6, 6.07) is 13.0. The maximum atomic E-state index is 12.5. The molecule has 0 spiro atoms. The van der Waals surface area contributed by atoms with Crippen molar-refractivity contribution in [2.24, 2.45) is 5.10 Å². The Balaban J connectivity index is 1.85. The van der Waals surface area contributed by atoms with Crippen LogP contribution in [0.15, 0.2) is 57.2 Å². The van der Waals surface area contributed by atoms with Crippen LogP contribution >= 0.6 is 0 Å². The Morgan fingerprint density at radius 1 is 1.00 bits per heavy atom. The minimum absolute atomic E-state index is 0.0342. The summed E-state index contributed by atoms with van der Waals surface area (Å²) in [6.07, 6.45) is 4.61. The molecular formula is C20H20N4O3. The van der Waals surface area contributed by atoms with Crippen LogP contribution in [0.4, 0.5) is 0 Å². The Morgan fingerprint density at radius 3 is 2.56 bits per heavy atom. The Morgan fingerprint density at radius 2 is 1.74 bits per heavy atom. The summed E-state index contributed by atoms with van der Waals surface area (Å²) in [5.74, 6) is -0.416. The minimum atomic E-state index is -0.691. The summed E-state index contributed by atoms with van der Waals surface area (Å²) >= 11 is 0. The van der Waals surface area contributed by atoms with Crippen LogP contribution in [0, 0.1) is 0 Å². The van der Waals surface area contributed by atoms with Gasteiger partial charge in [-0.1, -0.05) is 36.4 Å². The van der Waals surface area contributed by atoms with Crippen molar-refractivity contribution in [1.82, 2.24) is 14.6 Å². The van der Waals surface area contributed by atoms with Gasteiger partial charge in [0.2, 0.25) is 5.88 Å². The topological polar surface area (TPSA) is 90.7 Å². The number of aromatic amines is 1. The van der Waals surface area contributed by atoms with Crippen LogP contribution in [0.3, 0.4) is 0 Å². The van der Waals surface area contributed by atoms with Gasteiger partial charge in [0.25, 0.3) is 5.56 Å².